The van der Waals surface area contributed by atoms with Crippen LogP contribution >= 0.6 is 0 Å². The van der Waals surface area contributed by atoms with E-state index >= 15 is 0 Å². The van der Waals surface area contributed by atoms with E-state index in [1.54, 1.807) is 0 Å². The van der Waals surface area contributed by atoms with E-state index in [4.69, 9.17) is 4.74 Å². The van der Waals surface area contributed by atoms with Crippen molar-refractivity contribution >= 4 is 0 Å². The normalized spacial score (nSPS) is 25.1. The van der Waals surface area contributed by atoms with Gasteiger partial charge >= 0.3 is 0 Å². The first-order chi connectivity index (χ1) is 8.72. The van der Waals surface area contributed by atoms with Crippen LogP contribution in [0.25, 0.3) is 0 Å². The lowest BCUT2D eigenvalue weighted by Crippen LogP contribution is -2.26. The van der Waals surface area contributed by atoms with Crippen LogP contribution in [0.3, 0.4) is 0 Å². The topological polar surface area (TPSA) is 15.7 Å². The van der Waals surface area contributed by atoms with Crippen LogP contribution in [0, 0.1) is 7.05 Å². The van der Waals surface area contributed by atoms with Crippen molar-refractivity contribution in [1.82, 2.24) is 9.80 Å². The highest BCUT2D eigenvalue weighted by Gasteiger charge is 2.23. The fraction of sp³-hybridized carbons (Fsp3) is 0.533. The maximum atomic E-state index is 6.20. The number of hydrogen-bond acceptors (Lipinski definition) is 3. The molecule has 0 unspecified atom stereocenters. The Morgan fingerprint density at radius 1 is 1.33 bits per heavy atom. The fourth-order valence-corrected chi connectivity index (χ4v) is 2.91. The molecule has 0 radical (unpaired) electrons. The molecule has 1 fully saturated rings. The van der Waals surface area contributed by atoms with Gasteiger partial charge in [0.25, 0.3) is 0 Å². The third kappa shape index (κ3) is 2.38. The molecule has 0 amide bonds. The van der Waals surface area contributed by atoms with Gasteiger partial charge in [-0.05, 0) is 50.2 Å². The Morgan fingerprint density at radius 2 is 2.22 bits per heavy atom. The average Bonchev–Trinajstić information content (AvgIpc) is 2.75. The second kappa shape index (κ2) is 4.90. The van der Waals surface area contributed by atoms with Crippen LogP contribution in [-0.2, 0) is 13.0 Å². The number of fused-ring (bicyclic) bond motifs is 1. The van der Waals surface area contributed by atoms with E-state index < -0.39 is 0 Å². The molecule has 2 aliphatic heterocycles. The molecule has 2 aliphatic rings. The molecule has 0 aromatic heterocycles. The van der Waals surface area contributed by atoms with Gasteiger partial charge in [-0.3, -0.25) is 7.05 Å². The van der Waals surface area contributed by atoms with E-state index in [1.165, 1.54) is 11.1 Å². The van der Waals surface area contributed by atoms with Gasteiger partial charge in [-0.1, -0.05) is 12.1 Å². The first kappa shape index (κ1) is 12.0. The molecule has 1 aromatic rings. The van der Waals surface area contributed by atoms with Gasteiger partial charge in [0.05, 0.1) is 0 Å². The van der Waals surface area contributed by atoms with E-state index in [2.05, 4.69) is 42.1 Å². The molecule has 3 nitrogen and oxygen atoms in total. The summed E-state index contributed by atoms with van der Waals surface area (Å²) in [7, 11) is 6.18. The summed E-state index contributed by atoms with van der Waals surface area (Å²) in [6.07, 6.45) is 2.55. The van der Waals surface area contributed by atoms with Crippen molar-refractivity contribution in [2.45, 2.75) is 25.5 Å². The van der Waals surface area contributed by atoms with Crippen LogP contribution < -0.4 is 4.74 Å². The summed E-state index contributed by atoms with van der Waals surface area (Å²) in [6, 6.07) is 6.42. The SMILES string of the molecule is [CH2-]N1CCc2c(cccc2O[C@@H]2CCN(C)C2)C1. The average molecular weight is 245 g/mol. The number of benzene rings is 1. The van der Waals surface area contributed by atoms with Crippen molar-refractivity contribution in [3.8, 4) is 5.75 Å². The van der Waals surface area contributed by atoms with Gasteiger partial charge in [0.15, 0.2) is 0 Å². The first-order valence-corrected chi connectivity index (χ1v) is 6.74. The van der Waals surface area contributed by atoms with Crippen LogP contribution in [0.15, 0.2) is 18.2 Å². The molecular formula is C15H21N2O-. The Balaban J connectivity index is 1.78. The molecule has 2 heterocycles. The Bertz CT molecular complexity index is 433. The zero-order valence-electron chi connectivity index (χ0n) is 11.1. The van der Waals surface area contributed by atoms with E-state index in [0.29, 0.717) is 6.10 Å². The molecule has 0 saturated carbocycles. The van der Waals surface area contributed by atoms with Gasteiger partial charge in [-0.15, -0.1) is 0 Å². The highest BCUT2D eigenvalue weighted by atomic mass is 16.5. The van der Waals surface area contributed by atoms with Gasteiger partial charge < -0.3 is 14.5 Å². The molecule has 1 atom stereocenters. The van der Waals surface area contributed by atoms with Crippen LogP contribution in [0.1, 0.15) is 17.5 Å². The second-order valence-corrected chi connectivity index (χ2v) is 5.49. The molecule has 3 rings (SSSR count). The van der Waals surface area contributed by atoms with E-state index in [9.17, 15) is 0 Å². The van der Waals surface area contributed by atoms with Gasteiger partial charge in [0, 0.05) is 13.1 Å². The minimum atomic E-state index is 0.360. The summed E-state index contributed by atoms with van der Waals surface area (Å²) in [5, 5.41) is 0. The van der Waals surface area contributed by atoms with Crippen molar-refractivity contribution in [3.05, 3.63) is 36.4 Å². The van der Waals surface area contributed by atoms with Crippen LogP contribution in [0.5, 0.6) is 5.75 Å². The van der Waals surface area contributed by atoms with Crippen LogP contribution in [0.2, 0.25) is 0 Å². The van der Waals surface area contributed by atoms with Gasteiger partial charge in [-0.2, -0.15) is 0 Å². The molecule has 0 N–H and O–H groups in total. The lowest BCUT2D eigenvalue weighted by molar-refractivity contribution is 0.204. The van der Waals surface area contributed by atoms with Crippen LogP contribution in [-0.4, -0.2) is 42.6 Å². The van der Waals surface area contributed by atoms with Gasteiger partial charge in [0.1, 0.15) is 11.9 Å². The summed E-state index contributed by atoms with van der Waals surface area (Å²) >= 11 is 0. The summed E-state index contributed by atoms with van der Waals surface area (Å²) in [5.74, 6) is 1.10. The van der Waals surface area contributed by atoms with Crippen LogP contribution in [0.4, 0.5) is 0 Å². The van der Waals surface area contributed by atoms with E-state index in [1.807, 2.05) is 0 Å². The lowest BCUT2D eigenvalue weighted by atomic mass is 9.99. The van der Waals surface area contributed by atoms with E-state index in [0.717, 1.165) is 44.8 Å². The number of nitrogens with zero attached hydrogens (tertiary/aromatic N) is 2. The number of ether oxygens (including phenoxy) is 1. The highest BCUT2D eigenvalue weighted by Crippen LogP contribution is 2.29. The van der Waals surface area contributed by atoms with Crippen molar-refractivity contribution in [3.63, 3.8) is 0 Å². The van der Waals surface area contributed by atoms with Crippen molar-refractivity contribution in [2.75, 3.05) is 26.7 Å². The summed E-state index contributed by atoms with van der Waals surface area (Å²) in [6.45, 7) is 4.16. The number of likely N-dealkylation sites (N-methyl/N-ethyl adjacent to an activating group) is 1. The Labute approximate surface area is 109 Å². The molecule has 3 heteroatoms. The minimum absolute atomic E-state index is 0.360. The summed E-state index contributed by atoms with van der Waals surface area (Å²) in [4.78, 5) is 4.45. The zero-order valence-corrected chi connectivity index (χ0v) is 11.1. The van der Waals surface area contributed by atoms with Gasteiger partial charge in [0.2, 0.25) is 0 Å². The molecule has 18 heavy (non-hydrogen) atoms. The molecule has 0 spiro atoms. The first-order valence-electron chi connectivity index (χ1n) is 6.74. The minimum Gasteiger partial charge on any atom is -0.489 e. The lowest BCUT2D eigenvalue weighted by Gasteiger charge is -2.32. The monoisotopic (exact) mass is 245 g/mol. The van der Waals surface area contributed by atoms with Crippen molar-refractivity contribution in [1.29, 1.82) is 0 Å². The maximum Gasteiger partial charge on any atom is 0.123 e. The number of rotatable bonds is 2. The molecule has 1 saturated heterocycles. The standard InChI is InChI=1S/C15H21N2O/c1-16-9-7-14-12(10-16)4-3-5-15(14)18-13-6-8-17(2)11-13/h3-5,13H,1,6-11H2,2H3/q-1/t13-/m1/s1. The van der Waals surface area contributed by atoms with Crippen molar-refractivity contribution < 1.29 is 4.74 Å². The molecule has 98 valence electrons. The Kier molecular flexibility index (Phi) is 3.27. The predicted molar refractivity (Wildman–Crippen MR) is 72.4 cm³/mol. The Morgan fingerprint density at radius 3 is 3.00 bits per heavy atom. The number of likely N-dealkylation sites (tertiary alicyclic amines) is 1. The van der Waals surface area contributed by atoms with E-state index in [-0.39, 0.29) is 0 Å². The molecular weight excluding hydrogens is 224 g/mol. The third-order valence-corrected chi connectivity index (χ3v) is 3.94. The summed E-state index contributed by atoms with van der Waals surface area (Å²) < 4.78 is 6.20. The van der Waals surface area contributed by atoms with Gasteiger partial charge in [-0.25, -0.2) is 0 Å². The fourth-order valence-electron chi connectivity index (χ4n) is 2.91. The Hall–Kier alpha value is -1.06. The number of hydrogen-bond donors (Lipinski definition) is 0. The quantitative estimate of drug-likeness (QED) is 0.740. The molecule has 0 aliphatic carbocycles. The largest absolute Gasteiger partial charge is 0.489 e. The highest BCUT2D eigenvalue weighted by molar-refractivity contribution is 5.42. The van der Waals surface area contributed by atoms with Crippen molar-refractivity contribution in [2.24, 2.45) is 0 Å². The smallest absolute Gasteiger partial charge is 0.123 e. The second-order valence-electron chi connectivity index (χ2n) is 5.49. The third-order valence-electron chi connectivity index (χ3n) is 3.94. The molecule has 1 aromatic carbocycles. The predicted octanol–water partition coefficient (Wildman–Crippen LogP) is 1.92. The maximum absolute atomic E-state index is 6.20. The zero-order chi connectivity index (χ0) is 12.5. The summed E-state index contributed by atoms with van der Waals surface area (Å²) in [5.41, 5.74) is 2.77. The molecule has 0 bridgehead atoms.